The highest BCUT2D eigenvalue weighted by Gasteiger charge is 2.28. The van der Waals surface area contributed by atoms with Crippen LogP contribution in [0.1, 0.15) is 26.2 Å². The van der Waals surface area contributed by atoms with Crippen LogP contribution in [-0.2, 0) is 0 Å². The first-order valence-electron chi connectivity index (χ1n) is 5.41. The zero-order valence-electron chi connectivity index (χ0n) is 10.5. The van der Waals surface area contributed by atoms with Crippen molar-refractivity contribution in [2.75, 3.05) is 40.9 Å². The highest BCUT2D eigenvalue weighted by atomic mass is 79.9. The molecule has 0 saturated heterocycles. The number of aliphatic hydroxyl groups is 2. The number of nitrogens with zero attached hydrogens (tertiary/aromatic N) is 1. The summed E-state index contributed by atoms with van der Waals surface area (Å²) in [7, 11) is 6.45. The van der Waals surface area contributed by atoms with Gasteiger partial charge in [-0.1, -0.05) is 6.92 Å². The Labute approximate surface area is 104 Å². The van der Waals surface area contributed by atoms with Gasteiger partial charge in [0.25, 0.3) is 0 Å². The van der Waals surface area contributed by atoms with Crippen LogP contribution < -0.4 is 17.0 Å². The molecule has 0 bridgehead atoms. The molecule has 0 amide bonds. The number of halogens is 1. The van der Waals surface area contributed by atoms with E-state index in [9.17, 15) is 5.11 Å². The molecule has 0 heterocycles. The standard InChI is InChI=1S/C11H26NO2.BrH/c1-5-11(10-14,7-9-13)6-8-12(2,3)4;/h13-14H,5-10H2,1-4H3;1H/q+1;/p-1. The molecule has 1 atom stereocenters. The number of hydrogen-bond acceptors (Lipinski definition) is 2. The Kier molecular flexibility index (Phi) is 9.00. The molecule has 94 valence electrons. The smallest absolute Gasteiger partial charge is 0.0786 e. The lowest BCUT2D eigenvalue weighted by Crippen LogP contribution is -3.00. The molecule has 2 N–H and O–H groups in total. The first-order valence-corrected chi connectivity index (χ1v) is 5.41. The van der Waals surface area contributed by atoms with Crippen LogP contribution in [0.3, 0.4) is 0 Å². The zero-order chi connectivity index (χ0) is 11.2. The maximum Gasteiger partial charge on any atom is 0.0786 e. The van der Waals surface area contributed by atoms with Crippen LogP contribution in [0.2, 0.25) is 0 Å². The fraction of sp³-hybridized carbons (Fsp3) is 1.00. The summed E-state index contributed by atoms with van der Waals surface area (Å²) in [5.74, 6) is 0. The van der Waals surface area contributed by atoms with Crippen LogP contribution >= 0.6 is 0 Å². The molecule has 0 radical (unpaired) electrons. The monoisotopic (exact) mass is 283 g/mol. The minimum absolute atomic E-state index is 0. The van der Waals surface area contributed by atoms with Gasteiger partial charge in [-0.3, -0.25) is 0 Å². The fourth-order valence-corrected chi connectivity index (χ4v) is 1.56. The van der Waals surface area contributed by atoms with E-state index in [4.69, 9.17) is 5.11 Å². The highest BCUT2D eigenvalue weighted by molar-refractivity contribution is 4.76. The maximum absolute atomic E-state index is 9.39. The highest BCUT2D eigenvalue weighted by Crippen LogP contribution is 2.30. The predicted molar refractivity (Wildman–Crippen MR) is 59.0 cm³/mol. The molecule has 0 aliphatic rings. The summed E-state index contributed by atoms with van der Waals surface area (Å²) in [6, 6.07) is 0. The van der Waals surface area contributed by atoms with Crippen LogP contribution in [0.4, 0.5) is 0 Å². The van der Waals surface area contributed by atoms with Crippen molar-refractivity contribution in [1.29, 1.82) is 0 Å². The molecule has 0 spiro atoms. The van der Waals surface area contributed by atoms with Crippen molar-refractivity contribution in [2.45, 2.75) is 26.2 Å². The summed E-state index contributed by atoms with van der Waals surface area (Å²) >= 11 is 0. The van der Waals surface area contributed by atoms with Crippen molar-refractivity contribution < 1.29 is 31.7 Å². The van der Waals surface area contributed by atoms with Gasteiger partial charge < -0.3 is 31.7 Å². The Bertz CT molecular complexity index is 153. The van der Waals surface area contributed by atoms with Crippen molar-refractivity contribution in [1.82, 2.24) is 0 Å². The Morgan fingerprint density at radius 2 is 1.60 bits per heavy atom. The molecule has 0 aromatic carbocycles. The zero-order valence-corrected chi connectivity index (χ0v) is 12.0. The molecule has 0 aliphatic carbocycles. The fourth-order valence-electron chi connectivity index (χ4n) is 1.56. The summed E-state index contributed by atoms with van der Waals surface area (Å²) in [6.07, 6.45) is 2.62. The Hall–Kier alpha value is 0.360. The SMILES string of the molecule is CCC(CO)(CCO)CC[N+](C)(C)C.[Br-]. The minimum atomic E-state index is -0.0692. The first kappa shape index (κ1) is 17.7. The van der Waals surface area contributed by atoms with Crippen LogP contribution in [0.25, 0.3) is 0 Å². The normalized spacial score (nSPS) is 15.6. The molecule has 1 unspecified atom stereocenters. The first-order chi connectivity index (χ1) is 6.39. The number of aliphatic hydroxyl groups excluding tert-OH is 2. The van der Waals surface area contributed by atoms with Gasteiger partial charge >= 0.3 is 0 Å². The van der Waals surface area contributed by atoms with Gasteiger partial charge in [0.05, 0.1) is 27.7 Å². The second-order valence-electron chi connectivity index (χ2n) is 5.25. The summed E-state index contributed by atoms with van der Waals surface area (Å²) in [5, 5.41) is 18.4. The van der Waals surface area contributed by atoms with E-state index in [1.807, 2.05) is 0 Å². The molecule has 0 aromatic heterocycles. The van der Waals surface area contributed by atoms with Gasteiger partial charge in [-0.15, -0.1) is 0 Å². The lowest BCUT2D eigenvalue weighted by atomic mass is 9.79. The molecule has 15 heavy (non-hydrogen) atoms. The van der Waals surface area contributed by atoms with E-state index in [1.54, 1.807) is 0 Å². The van der Waals surface area contributed by atoms with Crippen molar-refractivity contribution in [2.24, 2.45) is 5.41 Å². The molecule has 0 rings (SSSR count). The summed E-state index contributed by atoms with van der Waals surface area (Å²) < 4.78 is 0.910. The Balaban J connectivity index is 0. The predicted octanol–water partition coefficient (Wildman–Crippen LogP) is -2.14. The van der Waals surface area contributed by atoms with E-state index in [0.29, 0.717) is 6.42 Å². The summed E-state index contributed by atoms with van der Waals surface area (Å²) in [6.45, 7) is 3.48. The molecule has 0 aliphatic heterocycles. The second kappa shape index (κ2) is 7.60. The molecular formula is C11H26BrNO2. The maximum atomic E-state index is 9.39. The number of rotatable bonds is 7. The van der Waals surface area contributed by atoms with E-state index in [-0.39, 0.29) is 35.6 Å². The van der Waals surface area contributed by atoms with Crippen LogP contribution in [0, 0.1) is 5.41 Å². The van der Waals surface area contributed by atoms with Gasteiger partial charge in [0.15, 0.2) is 0 Å². The van der Waals surface area contributed by atoms with Crippen molar-refractivity contribution in [3.05, 3.63) is 0 Å². The van der Waals surface area contributed by atoms with E-state index in [2.05, 4.69) is 28.1 Å². The number of quaternary nitrogens is 1. The van der Waals surface area contributed by atoms with Crippen LogP contribution in [-0.4, -0.2) is 55.6 Å². The van der Waals surface area contributed by atoms with Crippen molar-refractivity contribution in [3.8, 4) is 0 Å². The van der Waals surface area contributed by atoms with Gasteiger partial charge in [0.1, 0.15) is 0 Å². The largest absolute Gasteiger partial charge is 1.00 e. The minimum Gasteiger partial charge on any atom is -1.00 e. The second-order valence-corrected chi connectivity index (χ2v) is 5.25. The van der Waals surface area contributed by atoms with Gasteiger partial charge in [0.2, 0.25) is 0 Å². The third kappa shape index (κ3) is 7.28. The van der Waals surface area contributed by atoms with Crippen molar-refractivity contribution in [3.63, 3.8) is 0 Å². The quantitative estimate of drug-likeness (QED) is 0.524. The average molecular weight is 284 g/mol. The molecule has 3 nitrogen and oxygen atoms in total. The third-order valence-electron chi connectivity index (χ3n) is 3.04. The lowest BCUT2D eigenvalue weighted by molar-refractivity contribution is -0.871. The number of hydrogen-bond donors (Lipinski definition) is 2. The summed E-state index contributed by atoms with van der Waals surface area (Å²) in [4.78, 5) is 0. The van der Waals surface area contributed by atoms with E-state index in [0.717, 1.165) is 23.9 Å². The van der Waals surface area contributed by atoms with E-state index >= 15 is 0 Å². The lowest BCUT2D eigenvalue weighted by Gasteiger charge is -2.34. The Morgan fingerprint density at radius 3 is 1.87 bits per heavy atom. The molecule has 0 fully saturated rings. The molecule has 0 aromatic rings. The van der Waals surface area contributed by atoms with E-state index in [1.165, 1.54) is 0 Å². The molecular weight excluding hydrogens is 258 g/mol. The van der Waals surface area contributed by atoms with Gasteiger partial charge in [0, 0.05) is 25.0 Å². The van der Waals surface area contributed by atoms with Gasteiger partial charge in [-0.2, -0.15) is 0 Å². The Morgan fingerprint density at radius 1 is 1.07 bits per heavy atom. The topological polar surface area (TPSA) is 40.5 Å². The summed E-state index contributed by atoms with van der Waals surface area (Å²) in [5.41, 5.74) is -0.0692. The third-order valence-corrected chi connectivity index (χ3v) is 3.04. The van der Waals surface area contributed by atoms with E-state index < -0.39 is 0 Å². The molecule has 4 heteroatoms. The van der Waals surface area contributed by atoms with Crippen LogP contribution in [0.15, 0.2) is 0 Å². The van der Waals surface area contributed by atoms with Crippen molar-refractivity contribution >= 4 is 0 Å². The van der Waals surface area contributed by atoms with Gasteiger partial charge in [-0.25, -0.2) is 0 Å². The van der Waals surface area contributed by atoms with Crippen LogP contribution in [0.5, 0.6) is 0 Å². The average Bonchev–Trinajstić information content (AvgIpc) is 2.11. The van der Waals surface area contributed by atoms with Gasteiger partial charge in [-0.05, 0) is 12.8 Å². The molecule has 0 saturated carbocycles.